The Kier molecular flexibility index (Phi) is 7.05. The van der Waals surface area contributed by atoms with Gasteiger partial charge < -0.3 is 15.2 Å². The van der Waals surface area contributed by atoms with Crippen molar-refractivity contribution in [3.05, 3.63) is 38.9 Å². The zero-order chi connectivity index (χ0) is 18.4. The molecule has 0 aliphatic carbocycles. The maximum absolute atomic E-state index is 5.28. The molecule has 25 heavy (non-hydrogen) atoms. The Bertz CT molecular complexity index is 685. The lowest BCUT2D eigenvalue weighted by Crippen LogP contribution is -2.43. The van der Waals surface area contributed by atoms with Gasteiger partial charge in [-0.05, 0) is 46.8 Å². The van der Waals surface area contributed by atoms with Crippen molar-refractivity contribution >= 4 is 17.3 Å². The Hall–Kier alpha value is -1.82. The summed E-state index contributed by atoms with van der Waals surface area (Å²) >= 11 is 1.86. The van der Waals surface area contributed by atoms with Crippen molar-refractivity contribution in [2.75, 3.05) is 13.1 Å². The third kappa shape index (κ3) is 5.59. The minimum Gasteiger partial charge on any atom is -0.361 e. The SMILES string of the molecule is CCNC(=NCC(C)c1c(C)noc1C)NC(C)Cc1ccc(C)s1. The van der Waals surface area contributed by atoms with Crippen LogP contribution in [0.5, 0.6) is 0 Å². The van der Waals surface area contributed by atoms with Crippen LogP contribution >= 0.6 is 11.3 Å². The number of hydrogen-bond donors (Lipinski definition) is 2. The highest BCUT2D eigenvalue weighted by atomic mass is 32.1. The molecule has 2 atom stereocenters. The number of aliphatic imine (C=N–C) groups is 1. The molecule has 2 N–H and O–H groups in total. The van der Waals surface area contributed by atoms with Crippen LogP contribution in [0, 0.1) is 20.8 Å². The van der Waals surface area contributed by atoms with Crippen LogP contribution in [0.15, 0.2) is 21.6 Å². The Morgan fingerprint density at radius 2 is 2.04 bits per heavy atom. The van der Waals surface area contributed by atoms with Gasteiger partial charge in [-0.2, -0.15) is 0 Å². The van der Waals surface area contributed by atoms with E-state index in [2.05, 4.69) is 55.6 Å². The van der Waals surface area contributed by atoms with Crippen LogP contribution in [0.2, 0.25) is 0 Å². The zero-order valence-corrected chi connectivity index (χ0v) is 17.0. The van der Waals surface area contributed by atoms with E-state index < -0.39 is 0 Å². The molecule has 138 valence electrons. The number of nitrogens with zero attached hydrogens (tertiary/aromatic N) is 2. The molecule has 6 heteroatoms. The molecule has 0 saturated carbocycles. The van der Waals surface area contributed by atoms with Crippen molar-refractivity contribution in [1.29, 1.82) is 0 Å². The first-order chi connectivity index (χ1) is 11.9. The van der Waals surface area contributed by atoms with E-state index in [4.69, 9.17) is 9.52 Å². The van der Waals surface area contributed by atoms with Crippen molar-refractivity contribution < 1.29 is 4.52 Å². The zero-order valence-electron chi connectivity index (χ0n) is 16.1. The molecule has 0 spiro atoms. The molecule has 5 nitrogen and oxygen atoms in total. The third-order valence-electron chi connectivity index (χ3n) is 4.14. The normalized spacial score (nSPS) is 14.4. The van der Waals surface area contributed by atoms with E-state index >= 15 is 0 Å². The molecule has 0 fully saturated rings. The average molecular weight is 363 g/mol. The third-order valence-corrected chi connectivity index (χ3v) is 5.16. The van der Waals surface area contributed by atoms with Gasteiger partial charge in [-0.25, -0.2) is 0 Å². The molecule has 2 rings (SSSR count). The van der Waals surface area contributed by atoms with Crippen molar-refractivity contribution in [3.63, 3.8) is 0 Å². The summed E-state index contributed by atoms with van der Waals surface area (Å²) in [4.78, 5) is 7.52. The van der Waals surface area contributed by atoms with Crippen LogP contribution in [0.3, 0.4) is 0 Å². The fourth-order valence-electron chi connectivity index (χ4n) is 3.01. The number of guanidine groups is 1. The van der Waals surface area contributed by atoms with E-state index in [9.17, 15) is 0 Å². The smallest absolute Gasteiger partial charge is 0.191 e. The Balaban J connectivity index is 1.97. The van der Waals surface area contributed by atoms with Crippen LogP contribution in [0.4, 0.5) is 0 Å². The molecule has 2 aromatic heterocycles. The molecular formula is C19H30N4OS. The molecule has 0 aliphatic rings. The maximum atomic E-state index is 5.28. The molecule has 2 unspecified atom stereocenters. The van der Waals surface area contributed by atoms with Gasteiger partial charge in [0.25, 0.3) is 0 Å². The number of rotatable bonds is 7. The molecule has 0 aromatic carbocycles. The highest BCUT2D eigenvalue weighted by Crippen LogP contribution is 2.23. The largest absolute Gasteiger partial charge is 0.361 e. The Morgan fingerprint density at radius 3 is 2.60 bits per heavy atom. The highest BCUT2D eigenvalue weighted by molar-refractivity contribution is 7.11. The fourth-order valence-corrected chi connectivity index (χ4v) is 4.03. The molecule has 0 radical (unpaired) electrons. The number of aryl methyl sites for hydroxylation is 3. The van der Waals surface area contributed by atoms with E-state index in [1.165, 1.54) is 15.3 Å². The van der Waals surface area contributed by atoms with Gasteiger partial charge in [-0.15, -0.1) is 11.3 Å². The molecule has 0 saturated heterocycles. The van der Waals surface area contributed by atoms with Crippen molar-refractivity contribution in [1.82, 2.24) is 15.8 Å². The summed E-state index contributed by atoms with van der Waals surface area (Å²) in [5.74, 6) is 2.03. The van der Waals surface area contributed by atoms with Gasteiger partial charge in [0.15, 0.2) is 5.96 Å². The lowest BCUT2D eigenvalue weighted by Gasteiger charge is -2.18. The average Bonchev–Trinajstić information content (AvgIpc) is 3.10. The summed E-state index contributed by atoms with van der Waals surface area (Å²) in [6.07, 6.45) is 1.00. The van der Waals surface area contributed by atoms with Crippen molar-refractivity contribution in [3.8, 4) is 0 Å². The van der Waals surface area contributed by atoms with Crippen LogP contribution < -0.4 is 10.6 Å². The number of nitrogens with one attached hydrogen (secondary N) is 2. The van der Waals surface area contributed by atoms with Gasteiger partial charge in [-0.3, -0.25) is 4.99 Å². The quantitative estimate of drug-likeness (QED) is 0.578. The van der Waals surface area contributed by atoms with Gasteiger partial charge in [0.05, 0.1) is 5.69 Å². The highest BCUT2D eigenvalue weighted by Gasteiger charge is 2.16. The van der Waals surface area contributed by atoms with E-state index in [0.29, 0.717) is 12.6 Å². The van der Waals surface area contributed by atoms with E-state index in [1.54, 1.807) is 0 Å². The first-order valence-electron chi connectivity index (χ1n) is 8.93. The molecule has 0 bridgehead atoms. The predicted octanol–water partition coefficient (Wildman–Crippen LogP) is 3.95. The minimum atomic E-state index is 0.275. The van der Waals surface area contributed by atoms with E-state index in [1.807, 2.05) is 25.2 Å². The molecule has 2 aromatic rings. The second-order valence-electron chi connectivity index (χ2n) is 6.62. The Labute approximate surface area is 154 Å². The first-order valence-corrected chi connectivity index (χ1v) is 9.75. The van der Waals surface area contributed by atoms with Crippen molar-refractivity contribution in [2.24, 2.45) is 4.99 Å². The monoisotopic (exact) mass is 362 g/mol. The second-order valence-corrected chi connectivity index (χ2v) is 7.99. The van der Waals surface area contributed by atoms with Crippen LogP contribution in [-0.4, -0.2) is 30.2 Å². The van der Waals surface area contributed by atoms with Crippen LogP contribution in [-0.2, 0) is 6.42 Å². The number of aromatic nitrogens is 1. The maximum Gasteiger partial charge on any atom is 0.191 e. The minimum absolute atomic E-state index is 0.275. The lowest BCUT2D eigenvalue weighted by molar-refractivity contribution is 0.391. The number of thiophene rings is 1. The van der Waals surface area contributed by atoms with E-state index in [-0.39, 0.29) is 5.92 Å². The van der Waals surface area contributed by atoms with Gasteiger partial charge in [0.2, 0.25) is 0 Å². The number of hydrogen-bond acceptors (Lipinski definition) is 4. The van der Waals surface area contributed by atoms with Gasteiger partial charge in [0.1, 0.15) is 5.76 Å². The molecule has 0 aliphatic heterocycles. The van der Waals surface area contributed by atoms with Crippen molar-refractivity contribution in [2.45, 2.75) is 59.9 Å². The Morgan fingerprint density at radius 1 is 1.28 bits per heavy atom. The summed E-state index contributed by atoms with van der Waals surface area (Å²) < 4.78 is 5.28. The topological polar surface area (TPSA) is 62.5 Å². The first kappa shape index (κ1) is 19.5. The van der Waals surface area contributed by atoms with Crippen LogP contribution in [0.25, 0.3) is 0 Å². The van der Waals surface area contributed by atoms with Gasteiger partial charge >= 0.3 is 0 Å². The van der Waals surface area contributed by atoms with Gasteiger partial charge in [0, 0.05) is 46.8 Å². The fraction of sp³-hybridized carbons (Fsp3) is 0.579. The summed E-state index contributed by atoms with van der Waals surface area (Å²) in [6.45, 7) is 14.1. The standard InChI is InChI=1S/C19H30N4OS/c1-7-20-19(22-13(3)10-17-9-8-14(4)25-17)21-11-12(2)18-15(5)23-24-16(18)6/h8-9,12-13H,7,10-11H2,1-6H3,(H2,20,21,22). The summed E-state index contributed by atoms with van der Waals surface area (Å²) in [5, 5.41) is 10.9. The molecule has 0 amide bonds. The van der Waals surface area contributed by atoms with E-state index in [0.717, 1.165) is 30.4 Å². The molecule has 2 heterocycles. The lowest BCUT2D eigenvalue weighted by atomic mass is 10.00. The summed E-state index contributed by atoms with van der Waals surface area (Å²) in [7, 11) is 0. The summed E-state index contributed by atoms with van der Waals surface area (Å²) in [5.41, 5.74) is 2.13. The van der Waals surface area contributed by atoms with Crippen LogP contribution in [0.1, 0.15) is 53.5 Å². The summed E-state index contributed by atoms with van der Waals surface area (Å²) in [6, 6.07) is 4.71. The predicted molar refractivity (Wildman–Crippen MR) is 106 cm³/mol. The van der Waals surface area contributed by atoms with Gasteiger partial charge in [-0.1, -0.05) is 12.1 Å². The second kappa shape index (κ2) is 9.04. The molecular weight excluding hydrogens is 332 g/mol.